The van der Waals surface area contributed by atoms with Crippen LogP contribution in [0.1, 0.15) is 41.3 Å². The van der Waals surface area contributed by atoms with Crippen LogP contribution in [0, 0.1) is 6.92 Å². The molecule has 2 N–H and O–H groups in total. The van der Waals surface area contributed by atoms with Crippen LogP contribution < -0.4 is 10.5 Å². The fourth-order valence-corrected chi connectivity index (χ4v) is 1.83. The summed E-state index contributed by atoms with van der Waals surface area (Å²) in [6.07, 6.45) is 0. The van der Waals surface area contributed by atoms with E-state index in [0.29, 0.717) is 11.3 Å². The number of aryl methyl sites for hydroxylation is 1. The van der Waals surface area contributed by atoms with Gasteiger partial charge in [0.2, 0.25) is 0 Å². The second-order valence-electron chi connectivity index (χ2n) is 4.58. The third-order valence-corrected chi connectivity index (χ3v) is 2.76. The summed E-state index contributed by atoms with van der Waals surface area (Å²) in [5.41, 5.74) is 7.00. The number of esters is 1. The number of benzene rings is 1. The number of methoxy groups -OCH3 is 1. The van der Waals surface area contributed by atoms with Crippen molar-refractivity contribution in [3.05, 3.63) is 28.8 Å². The molecule has 1 amide bonds. The zero-order valence-corrected chi connectivity index (χ0v) is 11.6. The van der Waals surface area contributed by atoms with Gasteiger partial charge in [0.1, 0.15) is 11.3 Å². The minimum Gasteiger partial charge on any atom is -0.483 e. The summed E-state index contributed by atoms with van der Waals surface area (Å²) in [5, 5.41) is 0. The Balaban J connectivity index is 3.35. The number of carbonyl (C=O) groups excluding carboxylic acids is 2. The van der Waals surface area contributed by atoms with Crippen molar-refractivity contribution in [1.29, 1.82) is 0 Å². The van der Waals surface area contributed by atoms with E-state index >= 15 is 0 Å². The van der Waals surface area contributed by atoms with Crippen molar-refractivity contribution in [2.75, 3.05) is 13.7 Å². The molecule has 5 heteroatoms. The molecule has 0 fully saturated rings. The van der Waals surface area contributed by atoms with Crippen LogP contribution in [-0.4, -0.2) is 25.6 Å². The van der Waals surface area contributed by atoms with Crippen LogP contribution in [0.15, 0.2) is 12.1 Å². The number of hydrogen-bond acceptors (Lipinski definition) is 4. The number of rotatable bonds is 5. The molecule has 1 aromatic rings. The van der Waals surface area contributed by atoms with Crippen molar-refractivity contribution in [1.82, 2.24) is 0 Å². The molecular formula is C14H19NO4. The maximum atomic E-state index is 11.9. The van der Waals surface area contributed by atoms with Crippen LogP contribution >= 0.6 is 0 Å². The van der Waals surface area contributed by atoms with Crippen LogP contribution in [0.4, 0.5) is 0 Å². The molecule has 104 valence electrons. The predicted octanol–water partition coefficient (Wildman–Crippen LogP) is 1.77. The molecule has 0 aliphatic heterocycles. The lowest BCUT2D eigenvalue weighted by atomic mass is 9.94. The molecule has 0 aromatic heterocycles. The summed E-state index contributed by atoms with van der Waals surface area (Å²) >= 11 is 0. The van der Waals surface area contributed by atoms with Crippen LogP contribution in [0.25, 0.3) is 0 Å². The first-order chi connectivity index (χ1) is 8.88. The zero-order valence-electron chi connectivity index (χ0n) is 11.6. The Morgan fingerprint density at radius 1 is 1.32 bits per heavy atom. The Morgan fingerprint density at radius 3 is 2.42 bits per heavy atom. The fourth-order valence-electron chi connectivity index (χ4n) is 1.83. The van der Waals surface area contributed by atoms with Gasteiger partial charge in [0.05, 0.1) is 7.11 Å². The monoisotopic (exact) mass is 265 g/mol. The molecular weight excluding hydrogens is 246 g/mol. The Hall–Kier alpha value is -2.04. The van der Waals surface area contributed by atoms with Crippen LogP contribution in [-0.2, 0) is 9.53 Å². The van der Waals surface area contributed by atoms with Gasteiger partial charge in [0.15, 0.2) is 6.61 Å². The molecule has 0 heterocycles. The number of amides is 1. The summed E-state index contributed by atoms with van der Waals surface area (Å²) in [4.78, 5) is 22.8. The topological polar surface area (TPSA) is 78.6 Å². The molecule has 0 saturated heterocycles. The molecule has 0 spiro atoms. The molecule has 0 radical (unpaired) electrons. The van der Waals surface area contributed by atoms with E-state index in [1.165, 1.54) is 7.11 Å². The van der Waals surface area contributed by atoms with Gasteiger partial charge in [-0.15, -0.1) is 0 Å². The van der Waals surface area contributed by atoms with Crippen molar-refractivity contribution in [3.63, 3.8) is 0 Å². The molecule has 0 unspecified atom stereocenters. The van der Waals surface area contributed by atoms with Gasteiger partial charge in [0, 0.05) is 0 Å². The van der Waals surface area contributed by atoms with E-state index in [9.17, 15) is 9.59 Å². The molecule has 0 bridgehead atoms. The van der Waals surface area contributed by atoms with E-state index in [2.05, 4.69) is 0 Å². The highest BCUT2D eigenvalue weighted by Gasteiger charge is 2.22. The first kappa shape index (κ1) is 15.0. The summed E-state index contributed by atoms with van der Waals surface area (Å²) in [6, 6.07) is 3.71. The van der Waals surface area contributed by atoms with Crippen LogP contribution in [0.5, 0.6) is 5.75 Å². The van der Waals surface area contributed by atoms with Crippen molar-refractivity contribution in [2.45, 2.75) is 26.7 Å². The smallest absolute Gasteiger partial charge is 0.341 e. The predicted molar refractivity (Wildman–Crippen MR) is 71.3 cm³/mol. The lowest BCUT2D eigenvalue weighted by Crippen LogP contribution is -2.22. The molecule has 1 rings (SSSR count). The fraction of sp³-hybridized carbons (Fsp3) is 0.429. The number of hydrogen-bond donors (Lipinski definition) is 1. The van der Waals surface area contributed by atoms with Crippen LogP contribution in [0.3, 0.4) is 0 Å². The average molecular weight is 265 g/mol. The first-order valence-electron chi connectivity index (χ1n) is 6.01. The highest BCUT2D eigenvalue weighted by atomic mass is 16.5. The highest BCUT2D eigenvalue weighted by molar-refractivity contribution is 5.95. The molecule has 0 aliphatic carbocycles. The minimum absolute atomic E-state index is 0.130. The van der Waals surface area contributed by atoms with E-state index in [0.717, 1.165) is 11.1 Å². The van der Waals surface area contributed by atoms with E-state index in [1.807, 2.05) is 26.0 Å². The maximum absolute atomic E-state index is 11.9. The Kier molecular flexibility index (Phi) is 4.92. The van der Waals surface area contributed by atoms with Crippen molar-refractivity contribution in [3.8, 4) is 5.75 Å². The molecule has 1 aromatic carbocycles. The molecule has 5 nitrogen and oxygen atoms in total. The van der Waals surface area contributed by atoms with E-state index in [1.54, 1.807) is 6.92 Å². The van der Waals surface area contributed by atoms with Gasteiger partial charge in [-0.05, 0) is 24.0 Å². The lowest BCUT2D eigenvalue weighted by Gasteiger charge is -2.17. The molecule has 0 saturated carbocycles. The second-order valence-corrected chi connectivity index (χ2v) is 4.58. The van der Waals surface area contributed by atoms with Gasteiger partial charge in [-0.1, -0.05) is 26.0 Å². The number of nitrogens with two attached hydrogens (primary N) is 1. The Morgan fingerprint density at radius 2 is 1.95 bits per heavy atom. The molecule has 0 atom stereocenters. The SMILES string of the molecule is COC(=O)c1c(C(C)C)ccc(C)c1OCC(N)=O. The minimum atomic E-state index is -0.592. The largest absolute Gasteiger partial charge is 0.483 e. The second kappa shape index (κ2) is 6.22. The third kappa shape index (κ3) is 3.47. The van der Waals surface area contributed by atoms with Crippen LogP contribution in [0.2, 0.25) is 0 Å². The quantitative estimate of drug-likeness (QED) is 0.823. The summed E-state index contributed by atoms with van der Waals surface area (Å²) in [6.45, 7) is 5.46. The van der Waals surface area contributed by atoms with Gasteiger partial charge in [-0.3, -0.25) is 4.79 Å². The van der Waals surface area contributed by atoms with E-state index in [4.69, 9.17) is 15.2 Å². The number of ether oxygens (including phenoxy) is 2. The van der Waals surface area contributed by atoms with E-state index in [-0.39, 0.29) is 12.5 Å². The standard InChI is InChI=1S/C14H19NO4/c1-8(2)10-6-5-9(3)13(19-7-11(15)16)12(10)14(17)18-4/h5-6,8H,7H2,1-4H3,(H2,15,16). The van der Waals surface area contributed by atoms with E-state index < -0.39 is 11.9 Å². The highest BCUT2D eigenvalue weighted by Crippen LogP contribution is 2.31. The summed E-state index contributed by atoms with van der Waals surface area (Å²) in [7, 11) is 1.31. The first-order valence-corrected chi connectivity index (χ1v) is 6.01. The van der Waals surface area contributed by atoms with Crippen molar-refractivity contribution < 1.29 is 19.1 Å². The molecule has 19 heavy (non-hydrogen) atoms. The van der Waals surface area contributed by atoms with Gasteiger partial charge >= 0.3 is 5.97 Å². The summed E-state index contributed by atoms with van der Waals surface area (Å²) < 4.78 is 10.2. The third-order valence-electron chi connectivity index (χ3n) is 2.76. The number of primary amides is 1. The maximum Gasteiger partial charge on any atom is 0.341 e. The number of carbonyl (C=O) groups is 2. The van der Waals surface area contributed by atoms with Gasteiger partial charge in [-0.2, -0.15) is 0 Å². The summed E-state index contributed by atoms with van der Waals surface area (Å²) in [5.74, 6) is -0.584. The lowest BCUT2D eigenvalue weighted by molar-refractivity contribution is -0.119. The van der Waals surface area contributed by atoms with Gasteiger partial charge in [0.25, 0.3) is 5.91 Å². The van der Waals surface area contributed by atoms with Crippen molar-refractivity contribution >= 4 is 11.9 Å². The Labute approximate surface area is 112 Å². The normalized spacial score (nSPS) is 10.4. The van der Waals surface area contributed by atoms with Gasteiger partial charge in [-0.25, -0.2) is 4.79 Å². The van der Waals surface area contributed by atoms with Gasteiger partial charge < -0.3 is 15.2 Å². The Bertz CT molecular complexity index is 494. The zero-order chi connectivity index (χ0) is 14.6. The molecule has 0 aliphatic rings. The average Bonchev–Trinajstić information content (AvgIpc) is 2.35. The van der Waals surface area contributed by atoms with Crippen molar-refractivity contribution in [2.24, 2.45) is 5.73 Å².